The first-order valence-corrected chi connectivity index (χ1v) is 5.37. The molecule has 1 rings (SSSR count). The van der Waals surface area contributed by atoms with Crippen molar-refractivity contribution in [2.24, 2.45) is 5.84 Å². The molecule has 1 atom stereocenters. The van der Waals surface area contributed by atoms with E-state index in [2.05, 4.69) is 34.0 Å². The van der Waals surface area contributed by atoms with Crippen LogP contribution in [0, 0.1) is 0 Å². The lowest BCUT2D eigenvalue weighted by atomic mass is 10.0. The van der Waals surface area contributed by atoms with E-state index in [1.165, 1.54) is 5.56 Å². The van der Waals surface area contributed by atoms with Gasteiger partial charge < -0.3 is 0 Å². The van der Waals surface area contributed by atoms with E-state index in [0.717, 1.165) is 17.3 Å². The van der Waals surface area contributed by atoms with Crippen LogP contribution in [0.1, 0.15) is 12.0 Å². The maximum absolute atomic E-state index is 5.44. The van der Waals surface area contributed by atoms with Gasteiger partial charge in [0.25, 0.3) is 0 Å². The van der Waals surface area contributed by atoms with Gasteiger partial charge in [0.2, 0.25) is 0 Å². The van der Waals surface area contributed by atoms with Crippen molar-refractivity contribution in [1.82, 2.24) is 5.43 Å². The molecule has 1 aromatic rings. The molecule has 0 aliphatic heterocycles. The molecule has 0 fully saturated rings. The van der Waals surface area contributed by atoms with E-state index in [1.54, 1.807) is 0 Å². The summed E-state index contributed by atoms with van der Waals surface area (Å²) in [6, 6.07) is 8.42. The lowest BCUT2D eigenvalue weighted by Gasteiger charge is -2.14. The Bertz CT molecular complexity index is 299. The molecule has 2 nitrogen and oxygen atoms in total. The molecule has 0 aliphatic carbocycles. The Kier molecular flexibility index (Phi) is 4.87. The SMILES string of the molecule is C=CCC(Cc1ccccc1Br)NN. The van der Waals surface area contributed by atoms with Gasteiger partial charge in [-0.25, -0.2) is 0 Å². The lowest BCUT2D eigenvalue weighted by molar-refractivity contribution is 0.530. The molecule has 0 heterocycles. The standard InChI is InChI=1S/C11H15BrN2/c1-2-5-10(14-13)8-9-6-3-4-7-11(9)12/h2-4,6-7,10,14H,1,5,8,13H2. The highest BCUT2D eigenvalue weighted by Gasteiger charge is 2.07. The molecule has 0 aliphatic rings. The zero-order chi connectivity index (χ0) is 10.4. The van der Waals surface area contributed by atoms with Crippen LogP contribution in [-0.2, 0) is 6.42 Å². The molecule has 14 heavy (non-hydrogen) atoms. The summed E-state index contributed by atoms with van der Waals surface area (Å²) in [6.45, 7) is 3.71. The second kappa shape index (κ2) is 5.96. The van der Waals surface area contributed by atoms with Crippen molar-refractivity contribution in [2.75, 3.05) is 0 Å². The second-order valence-corrected chi connectivity index (χ2v) is 4.04. The van der Waals surface area contributed by atoms with Crippen molar-refractivity contribution in [1.29, 1.82) is 0 Å². The van der Waals surface area contributed by atoms with Gasteiger partial charge >= 0.3 is 0 Å². The number of hydrogen-bond acceptors (Lipinski definition) is 2. The van der Waals surface area contributed by atoms with E-state index in [9.17, 15) is 0 Å². The fraction of sp³-hybridized carbons (Fsp3) is 0.273. The summed E-state index contributed by atoms with van der Waals surface area (Å²) in [5, 5.41) is 0. The summed E-state index contributed by atoms with van der Waals surface area (Å²) in [6.07, 6.45) is 3.66. The third kappa shape index (κ3) is 3.25. The number of rotatable bonds is 5. The minimum Gasteiger partial charge on any atom is -0.271 e. The summed E-state index contributed by atoms with van der Waals surface area (Å²) >= 11 is 3.51. The zero-order valence-electron chi connectivity index (χ0n) is 8.04. The highest BCUT2D eigenvalue weighted by molar-refractivity contribution is 9.10. The van der Waals surface area contributed by atoms with Crippen LogP contribution in [0.2, 0.25) is 0 Å². The van der Waals surface area contributed by atoms with Crippen molar-refractivity contribution >= 4 is 15.9 Å². The van der Waals surface area contributed by atoms with Gasteiger partial charge in [-0.05, 0) is 24.5 Å². The number of hydrazine groups is 1. The summed E-state index contributed by atoms with van der Waals surface area (Å²) in [7, 11) is 0. The molecule has 3 N–H and O–H groups in total. The minimum atomic E-state index is 0.256. The highest BCUT2D eigenvalue weighted by atomic mass is 79.9. The third-order valence-corrected chi connectivity index (χ3v) is 2.88. The molecular weight excluding hydrogens is 240 g/mol. The summed E-state index contributed by atoms with van der Waals surface area (Å²) in [5.41, 5.74) is 4.05. The average molecular weight is 255 g/mol. The Balaban J connectivity index is 2.66. The van der Waals surface area contributed by atoms with Crippen LogP contribution in [0.4, 0.5) is 0 Å². The van der Waals surface area contributed by atoms with Crippen molar-refractivity contribution in [3.63, 3.8) is 0 Å². The molecule has 0 saturated heterocycles. The molecule has 0 bridgehead atoms. The fourth-order valence-electron chi connectivity index (χ4n) is 1.34. The van der Waals surface area contributed by atoms with Gasteiger partial charge in [0.05, 0.1) is 0 Å². The molecule has 76 valence electrons. The Morgan fingerprint density at radius 3 is 2.79 bits per heavy atom. The summed E-state index contributed by atoms with van der Waals surface area (Å²) < 4.78 is 1.13. The van der Waals surface area contributed by atoms with Gasteiger partial charge in [-0.15, -0.1) is 6.58 Å². The van der Waals surface area contributed by atoms with Crippen LogP contribution < -0.4 is 11.3 Å². The molecule has 0 spiro atoms. The Morgan fingerprint density at radius 2 is 2.21 bits per heavy atom. The molecule has 0 amide bonds. The molecule has 1 aromatic carbocycles. The fourth-order valence-corrected chi connectivity index (χ4v) is 1.79. The first-order valence-electron chi connectivity index (χ1n) is 4.58. The summed E-state index contributed by atoms with van der Waals surface area (Å²) in [4.78, 5) is 0. The van der Waals surface area contributed by atoms with Crippen LogP contribution in [0.15, 0.2) is 41.4 Å². The van der Waals surface area contributed by atoms with Crippen LogP contribution in [0.3, 0.4) is 0 Å². The number of nitrogens with one attached hydrogen (secondary N) is 1. The zero-order valence-corrected chi connectivity index (χ0v) is 9.63. The smallest absolute Gasteiger partial charge is 0.0285 e. The first kappa shape index (κ1) is 11.4. The Hall–Kier alpha value is -0.640. The second-order valence-electron chi connectivity index (χ2n) is 3.18. The minimum absolute atomic E-state index is 0.256. The van der Waals surface area contributed by atoms with Gasteiger partial charge in [0.1, 0.15) is 0 Å². The lowest BCUT2D eigenvalue weighted by Crippen LogP contribution is -2.36. The van der Waals surface area contributed by atoms with E-state index in [4.69, 9.17) is 5.84 Å². The normalized spacial score (nSPS) is 12.4. The topological polar surface area (TPSA) is 38.0 Å². The quantitative estimate of drug-likeness (QED) is 0.481. The predicted molar refractivity (Wildman–Crippen MR) is 63.8 cm³/mol. The third-order valence-electron chi connectivity index (χ3n) is 2.11. The van der Waals surface area contributed by atoms with Gasteiger partial charge in [0, 0.05) is 10.5 Å². The number of benzene rings is 1. The van der Waals surface area contributed by atoms with Gasteiger partial charge in [-0.3, -0.25) is 11.3 Å². The molecular formula is C11H15BrN2. The Labute approximate surface area is 93.3 Å². The molecule has 0 saturated carbocycles. The Morgan fingerprint density at radius 1 is 1.50 bits per heavy atom. The van der Waals surface area contributed by atoms with E-state index in [1.807, 2.05) is 24.3 Å². The molecule has 0 radical (unpaired) electrons. The van der Waals surface area contributed by atoms with Crippen molar-refractivity contribution in [2.45, 2.75) is 18.9 Å². The molecule has 1 unspecified atom stereocenters. The van der Waals surface area contributed by atoms with Crippen molar-refractivity contribution in [3.8, 4) is 0 Å². The summed E-state index contributed by atoms with van der Waals surface area (Å²) in [5.74, 6) is 5.44. The van der Waals surface area contributed by atoms with Crippen molar-refractivity contribution in [3.05, 3.63) is 47.0 Å². The van der Waals surface area contributed by atoms with Crippen LogP contribution in [0.25, 0.3) is 0 Å². The number of halogens is 1. The average Bonchev–Trinajstić information content (AvgIpc) is 2.20. The largest absolute Gasteiger partial charge is 0.271 e. The van der Waals surface area contributed by atoms with Gasteiger partial charge in [-0.2, -0.15) is 0 Å². The van der Waals surface area contributed by atoms with Crippen LogP contribution in [0.5, 0.6) is 0 Å². The first-order chi connectivity index (χ1) is 6.77. The van der Waals surface area contributed by atoms with Crippen molar-refractivity contribution < 1.29 is 0 Å². The maximum atomic E-state index is 5.44. The van der Waals surface area contributed by atoms with Crippen LogP contribution >= 0.6 is 15.9 Å². The number of hydrogen-bond donors (Lipinski definition) is 2. The molecule has 0 aromatic heterocycles. The van der Waals surface area contributed by atoms with E-state index in [-0.39, 0.29) is 6.04 Å². The predicted octanol–water partition coefficient (Wildman–Crippen LogP) is 2.40. The number of nitrogens with two attached hydrogens (primary N) is 1. The highest BCUT2D eigenvalue weighted by Crippen LogP contribution is 2.18. The monoisotopic (exact) mass is 254 g/mol. The van der Waals surface area contributed by atoms with Gasteiger partial charge in [0.15, 0.2) is 0 Å². The van der Waals surface area contributed by atoms with E-state index in [0.29, 0.717) is 0 Å². The van der Waals surface area contributed by atoms with Gasteiger partial charge in [-0.1, -0.05) is 40.2 Å². The maximum Gasteiger partial charge on any atom is 0.0285 e. The van der Waals surface area contributed by atoms with E-state index < -0.39 is 0 Å². The van der Waals surface area contributed by atoms with Crippen LogP contribution in [-0.4, -0.2) is 6.04 Å². The molecule has 3 heteroatoms. The van der Waals surface area contributed by atoms with E-state index >= 15 is 0 Å².